The molecule has 1 N–H and O–H groups in total. The van der Waals surface area contributed by atoms with Crippen molar-refractivity contribution in [2.45, 2.75) is 31.8 Å². The van der Waals surface area contributed by atoms with E-state index in [9.17, 15) is 17.2 Å². The Labute approximate surface area is 104 Å². The fraction of sp³-hybridized carbons (Fsp3) is 0.600. The van der Waals surface area contributed by atoms with Gasteiger partial charge in [-0.2, -0.15) is 4.31 Å². The number of nitrogens with zero attached hydrogens (tertiary/aromatic N) is 1. The van der Waals surface area contributed by atoms with E-state index < -0.39 is 29.6 Å². The largest absolute Gasteiger partial charge is 0.465 e. The second-order valence-corrected chi connectivity index (χ2v) is 5.84. The molecule has 0 bridgehead atoms. The van der Waals surface area contributed by atoms with Gasteiger partial charge in [0.15, 0.2) is 0 Å². The third-order valence-electron chi connectivity index (χ3n) is 2.55. The van der Waals surface area contributed by atoms with Gasteiger partial charge < -0.3 is 9.52 Å². The van der Waals surface area contributed by atoms with Crippen LogP contribution < -0.4 is 0 Å². The minimum absolute atomic E-state index is 0.0812. The van der Waals surface area contributed by atoms with Gasteiger partial charge in [-0.25, -0.2) is 17.2 Å². The molecule has 8 heteroatoms. The smallest absolute Gasteiger partial charge is 0.252 e. The molecule has 0 aliphatic rings. The van der Waals surface area contributed by atoms with Gasteiger partial charge in [-0.15, -0.1) is 0 Å². The molecule has 0 aliphatic carbocycles. The molecule has 5 nitrogen and oxygen atoms in total. The molecule has 0 aliphatic heterocycles. The summed E-state index contributed by atoms with van der Waals surface area (Å²) in [5.74, 6) is 0.344. The molecule has 0 spiro atoms. The number of rotatable bonds is 5. The fourth-order valence-electron chi connectivity index (χ4n) is 1.68. The molecule has 1 aromatic rings. The van der Waals surface area contributed by atoms with Crippen LogP contribution in [0.25, 0.3) is 0 Å². The SMILES string of the molecule is Cc1oc(C)c(S(=O)(=O)N(C)CC(F)F)c1CO. The third kappa shape index (κ3) is 2.70. The number of sulfonamides is 1. The van der Waals surface area contributed by atoms with Crippen molar-refractivity contribution in [1.29, 1.82) is 0 Å². The molecule has 0 fully saturated rings. The number of aliphatic hydroxyl groups is 1. The molecule has 0 unspecified atom stereocenters. The van der Waals surface area contributed by atoms with Gasteiger partial charge in [0.2, 0.25) is 10.0 Å². The van der Waals surface area contributed by atoms with Crippen LogP contribution in [0.15, 0.2) is 9.31 Å². The zero-order valence-corrected chi connectivity index (χ0v) is 11.1. The molecule has 0 saturated heterocycles. The van der Waals surface area contributed by atoms with E-state index in [-0.39, 0.29) is 22.0 Å². The van der Waals surface area contributed by atoms with E-state index in [0.717, 1.165) is 7.05 Å². The first-order valence-corrected chi connectivity index (χ1v) is 6.60. The second-order valence-electron chi connectivity index (χ2n) is 3.86. The quantitative estimate of drug-likeness (QED) is 0.883. The normalized spacial score (nSPS) is 12.7. The van der Waals surface area contributed by atoms with Gasteiger partial charge in [0.1, 0.15) is 16.4 Å². The number of halogens is 2. The van der Waals surface area contributed by atoms with E-state index in [1.807, 2.05) is 0 Å². The van der Waals surface area contributed by atoms with Crippen molar-refractivity contribution in [2.24, 2.45) is 0 Å². The first-order valence-electron chi connectivity index (χ1n) is 5.16. The van der Waals surface area contributed by atoms with Gasteiger partial charge in [0, 0.05) is 12.6 Å². The Morgan fingerprint density at radius 3 is 2.33 bits per heavy atom. The maximum Gasteiger partial charge on any atom is 0.252 e. The molecular weight excluding hydrogens is 268 g/mol. The van der Waals surface area contributed by atoms with Crippen molar-refractivity contribution in [3.63, 3.8) is 0 Å². The Morgan fingerprint density at radius 2 is 1.89 bits per heavy atom. The lowest BCUT2D eigenvalue weighted by molar-refractivity contribution is 0.126. The van der Waals surface area contributed by atoms with Gasteiger partial charge >= 0.3 is 0 Å². The van der Waals surface area contributed by atoms with E-state index in [0.29, 0.717) is 4.31 Å². The number of hydrogen-bond donors (Lipinski definition) is 1. The molecule has 0 saturated carbocycles. The van der Waals surface area contributed by atoms with Crippen molar-refractivity contribution in [1.82, 2.24) is 4.31 Å². The molecule has 0 atom stereocenters. The summed E-state index contributed by atoms with van der Waals surface area (Å²) in [4.78, 5) is -0.231. The lowest BCUT2D eigenvalue weighted by Gasteiger charge is -2.16. The van der Waals surface area contributed by atoms with E-state index in [1.165, 1.54) is 13.8 Å². The van der Waals surface area contributed by atoms with Crippen molar-refractivity contribution in [2.75, 3.05) is 13.6 Å². The topological polar surface area (TPSA) is 70.8 Å². The van der Waals surface area contributed by atoms with Gasteiger partial charge in [-0.05, 0) is 13.8 Å². The summed E-state index contributed by atoms with van der Waals surface area (Å²) >= 11 is 0. The summed E-state index contributed by atoms with van der Waals surface area (Å²) < 4.78 is 54.4. The first kappa shape index (κ1) is 15.1. The van der Waals surface area contributed by atoms with Crippen LogP contribution in [0.3, 0.4) is 0 Å². The minimum Gasteiger partial charge on any atom is -0.465 e. The predicted molar refractivity (Wildman–Crippen MR) is 59.9 cm³/mol. The third-order valence-corrected chi connectivity index (χ3v) is 4.57. The molecule has 1 aromatic heterocycles. The number of aryl methyl sites for hydroxylation is 2. The van der Waals surface area contributed by atoms with Crippen LogP contribution >= 0.6 is 0 Å². The average molecular weight is 283 g/mol. The summed E-state index contributed by atoms with van der Waals surface area (Å²) in [5.41, 5.74) is 0.105. The summed E-state index contributed by atoms with van der Waals surface area (Å²) in [5, 5.41) is 9.15. The summed E-state index contributed by atoms with van der Waals surface area (Å²) in [7, 11) is -3.03. The van der Waals surface area contributed by atoms with E-state index in [4.69, 9.17) is 9.52 Å². The number of aliphatic hydroxyl groups excluding tert-OH is 1. The molecule has 0 radical (unpaired) electrons. The highest BCUT2D eigenvalue weighted by Crippen LogP contribution is 2.28. The molecule has 1 heterocycles. The fourth-order valence-corrected chi connectivity index (χ4v) is 3.22. The van der Waals surface area contributed by atoms with Crippen molar-refractivity contribution in [3.8, 4) is 0 Å². The van der Waals surface area contributed by atoms with Crippen molar-refractivity contribution >= 4 is 10.0 Å². The second kappa shape index (κ2) is 5.33. The Kier molecular flexibility index (Phi) is 4.46. The zero-order chi connectivity index (χ0) is 14.1. The van der Waals surface area contributed by atoms with E-state index >= 15 is 0 Å². The molecule has 18 heavy (non-hydrogen) atoms. The Morgan fingerprint density at radius 1 is 1.33 bits per heavy atom. The van der Waals surface area contributed by atoms with Gasteiger partial charge in [0.25, 0.3) is 6.43 Å². The first-order chi connectivity index (χ1) is 8.21. The standard InChI is InChI=1S/C10H15F2NO4S/c1-6-8(5-14)10(7(2)17-6)18(15,16)13(3)4-9(11)12/h9,14H,4-5H2,1-3H3. The molecule has 104 valence electrons. The minimum atomic E-state index is -4.09. The molecule has 0 amide bonds. The maximum absolute atomic E-state index is 12.2. The number of alkyl halides is 2. The van der Waals surface area contributed by atoms with Crippen LogP contribution in [-0.2, 0) is 16.6 Å². The molecule has 1 rings (SSSR count). The van der Waals surface area contributed by atoms with Gasteiger partial charge in [-0.3, -0.25) is 0 Å². The van der Waals surface area contributed by atoms with Gasteiger partial charge in [0.05, 0.1) is 13.2 Å². The highest BCUT2D eigenvalue weighted by Gasteiger charge is 2.31. The van der Waals surface area contributed by atoms with E-state index in [1.54, 1.807) is 0 Å². The lowest BCUT2D eigenvalue weighted by Crippen LogP contribution is -2.32. The Bertz CT molecular complexity index is 524. The average Bonchev–Trinajstić information content (AvgIpc) is 2.52. The highest BCUT2D eigenvalue weighted by molar-refractivity contribution is 7.89. The van der Waals surface area contributed by atoms with Crippen LogP contribution in [0.4, 0.5) is 8.78 Å². The molecule has 0 aromatic carbocycles. The Hall–Kier alpha value is -0.990. The van der Waals surface area contributed by atoms with Crippen LogP contribution in [-0.4, -0.2) is 37.8 Å². The predicted octanol–water partition coefficient (Wildman–Crippen LogP) is 1.27. The summed E-state index contributed by atoms with van der Waals surface area (Å²) in [6.45, 7) is 1.48. The van der Waals surface area contributed by atoms with Crippen LogP contribution in [0.1, 0.15) is 17.1 Å². The highest BCUT2D eigenvalue weighted by atomic mass is 32.2. The number of hydrogen-bond acceptors (Lipinski definition) is 4. The van der Waals surface area contributed by atoms with Crippen molar-refractivity contribution in [3.05, 3.63) is 17.1 Å². The Balaban J connectivity index is 3.28. The summed E-state index contributed by atoms with van der Waals surface area (Å²) in [6.07, 6.45) is -2.77. The molecular formula is C10H15F2NO4S. The van der Waals surface area contributed by atoms with Crippen LogP contribution in [0, 0.1) is 13.8 Å². The summed E-state index contributed by atoms with van der Waals surface area (Å²) in [6, 6.07) is 0. The monoisotopic (exact) mass is 283 g/mol. The maximum atomic E-state index is 12.2. The van der Waals surface area contributed by atoms with Gasteiger partial charge in [-0.1, -0.05) is 0 Å². The number of furan rings is 1. The van der Waals surface area contributed by atoms with Crippen LogP contribution in [0.5, 0.6) is 0 Å². The van der Waals surface area contributed by atoms with Crippen LogP contribution in [0.2, 0.25) is 0 Å². The van der Waals surface area contributed by atoms with E-state index in [2.05, 4.69) is 0 Å². The van der Waals surface area contributed by atoms with Crippen molar-refractivity contribution < 1.29 is 26.7 Å². The lowest BCUT2D eigenvalue weighted by atomic mass is 10.2. The zero-order valence-electron chi connectivity index (χ0n) is 10.3.